The minimum atomic E-state index is -3.02. The molecule has 0 heterocycles. The molecule has 0 saturated carbocycles. The lowest BCUT2D eigenvalue weighted by Crippen LogP contribution is -2.26. The number of hydrogen-bond acceptors (Lipinski definition) is 3. The second-order valence-corrected chi connectivity index (χ2v) is 5.31. The quantitative estimate of drug-likeness (QED) is 0.462. The van der Waals surface area contributed by atoms with Crippen molar-refractivity contribution in [3.63, 3.8) is 0 Å². The van der Waals surface area contributed by atoms with E-state index in [1.54, 1.807) is 0 Å². The third-order valence-electron chi connectivity index (χ3n) is 1.62. The highest BCUT2D eigenvalue weighted by Crippen LogP contribution is 1.91. The van der Waals surface area contributed by atoms with Crippen LogP contribution < -0.4 is 10.0 Å². The molecule has 0 saturated heterocycles. The third kappa shape index (κ3) is 11.6. The van der Waals surface area contributed by atoms with Crippen LogP contribution in [0.3, 0.4) is 0 Å². The molecule has 0 radical (unpaired) electrons. The molecular formula is C9H20N2O2S. The van der Waals surface area contributed by atoms with Gasteiger partial charge in [0.1, 0.15) is 0 Å². The standard InChI is InChI=1S/C9H20N2O2S/c1-9(2)5-8-10-6-4-7-11-14(3,12)13/h10-11H,1,4-8H2,2-3H3. The van der Waals surface area contributed by atoms with E-state index in [1.165, 1.54) is 6.26 Å². The summed E-state index contributed by atoms with van der Waals surface area (Å²) in [6.07, 6.45) is 2.95. The summed E-state index contributed by atoms with van der Waals surface area (Å²) in [7, 11) is -3.02. The first-order valence-corrected chi connectivity index (χ1v) is 6.60. The Morgan fingerprint density at radius 2 is 1.93 bits per heavy atom. The van der Waals surface area contributed by atoms with Crippen molar-refractivity contribution < 1.29 is 8.42 Å². The van der Waals surface area contributed by atoms with Crippen molar-refractivity contribution in [3.05, 3.63) is 12.2 Å². The summed E-state index contributed by atoms with van der Waals surface area (Å²) in [5.41, 5.74) is 1.16. The van der Waals surface area contributed by atoms with E-state index in [0.29, 0.717) is 6.54 Å². The minimum Gasteiger partial charge on any atom is -0.316 e. The Morgan fingerprint density at radius 3 is 2.43 bits per heavy atom. The van der Waals surface area contributed by atoms with Crippen LogP contribution >= 0.6 is 0 Å². The van der Waals surface area contributed by atoms with Crippen molar-refractivity contribution in [3.8, 4) is 0 Å². The van der Waals surface area contributed by atoms with Gasteiger partial charge in [0.2, 0.25) is 10.0 Å². The summed E-state index contributed by atoms with van der Waals surface area (Å²) in [4.78, 5) is 0. The average Bonchev–Trinajstić information content (AvgIpc) is 2.00. The molecule has 0 aliphatic heterocycles. The molecule has 0 bridgehead atoms. The Labute approximate surface area is 86.8 Å². The van der Waals surface area contributed by atoms with E-state index < -0.39 is 10.0 Å². The van der Waals surface area contributed by atoms with Gasteiger partial charge in [0.15, 0.2) is 0 Å². The fourth-order valence-electron chi connectivity index (χ4n) is 0.898. The van der Waals surface area contributed by atoms with Crippen LogP contribution in [-0.4, -0.2) is 34.3 Å². The van der Waals surface area contributed by atoms with Crippen molar-refractivity contribution in [2.24, 2.45) is 0 Å². The first kappa shape index (κ1) is 13.6. The number of sulfonamides is 1. The lowest BCUT2D eigenvalue weighted by Gasteiger charge is -2.04. The minimum absolute atomic E-state index is 0.499. The Kier molecular flexibility index (Phi) is 6.78. The van der Waals surface area contributed by atoms with Gasteiger partial charge in [-0.15, -0.1) is 6.58 Å². The molecule has 0 aromatic heterocycles. The van der Waals surface area contributed by atoms with Crippen LogP contribution in [0.4, 0.5) is 0 Å². The molecule has 0 aliphatic carbocycles. The molecule has 5 heteroatoms. The maximum absolute atomic E-state index is 10.7. The summed E-state index contributed by atoms with van der Waals surface area (Å²) in [6.45, 7) is 8.02. The van der Waals surface area contributed by atoms with Crippen molar-refractivity contribution in [1.29, 1.82) is 0 Å². The van der Waals surface area contributed by atoms with Crippen LogP contribution in [0.5, 0.6) is 0 Å². The summed E-state index contributed by atoms with van der Waals surface area (Å²) in [6, 6.07) is 0. The van der Waals surface area contributed by atoms with Gasteiger partial charge in [0.25, 0.3) is 0 Å². The Hall–Kier alpha value is -0.390. The zero-order chi connectivity index (χ0) is 11.0. The van der Waals surface area contributed by atoms with Gasteiger partial charge in [-0.2, -0.15) is 0 Å². The highest BCUT2D eigenvalue weighted by molar-refractivity contribution is 7.88. The van der Waals surface area contributed by atoms with E-state index >= 15 is 0 Å². The highest BCUT2D eigenvalue weighted by atomic mass is 32.2. The zero-order valence-electron chi connectivity index (χ0n) is 8.97. The van der Waals surface area contributed by atoms with Crippen molar-refractivity contribution in [2.45, 2.75) is 19.8 Å². The molecule has 0 aromatic carbocycles. The second-order valence-electron chi connectivity index (χ2n) is 3.48. The fourth-order valence-corrected chi connectivity index (χ4v) is 1.41. The van der Waals surface area contributed by atoms with Crippen LogP contribution in [0.15, 0.2) is 12.2 Å². The molecule has 4 nitrogen and oxygen atoms in total. The Morgan fingerprint density at radius 1 is 1.29 bits per heavy atom. The molecule has 84 valence electrons. The normalized spacial score (nSPS) is 11.6. The van der Waals surface area contributed by atoms with E-state index in [9.17, 15) is 8.42 Å². The third-order valence-corrected chi connectivity index (χ3v) is 2.35. The van der Waals surface area contributed by atoms with Crippen LogP contribution in [-0.2, 0) is 10.0 Å². The molecule has 0 spiro atoms. The first-order chi connectivity index (χ1) is 6.42. The van der Waals surface area contributed by atoms with Crippen LogP contribution in [0.25, 0.3) is 0 Å². The summed E-state index contributed by atoms with van der Waals surface area (Å²) < 4.78 is 23.8. The Balaban J connectivity index is 3.19. The topological polar surface area (TPSA) is 58.2 Å². The summed E-state index contributed by atoms with van der Waals surface area (Å²) in [5, 5.41) is 3.21. The van der Waals surface area contributed by atoms with E-state index in [4.69, 9.17) is 0 Å². The molecule has 0 atom stereocenters. The first-order valence-electron chi connectivity index (χ1n) is 4.71. The van der Waals surface area contributed by atoms with Gasteiger partial charge in [-0.1, -0.05) is 5.57 Å². The molecule has 2 N–H and O–H groups in total. The SMILES string of the molecule is C=C(C)CCNCCCNS(C)(=O)=O. The van der Waals surface area contributed by atoms with Gasteiger partial charge in [0, 0.05) is 6.54 Å². The van der Waals surface area contributed by atoms with Crippen LogP contribution in [0.1, 0.15) is 19.8 Å². The molecule has 0 unspecified atom stereocenters. The maximum Gasteiger partial charge on any atom is 0.208 e. The van der Waals surface area contributed by atoms with Gasteiger partial charge in [0.05, 0.1) is 6.26 Å². The Bertz CT molecular complexity index is 260. The average molecular weight is 220 g/mol. The van der Waals surface area contributed by atoms with E-state index in [-0.39, 0.29) is 0 Å². The number of rotatable bonds is 8. The predicted molar refractivity (Wildman–Crippen MR) is 59.8 cm³/mol. The summed E-state index contributed by atoms with van der Waals surface area (Å²) in [5.74, 6) is 0. The van der Waals surface area contributed by atoms with Crippen LogP contribution in [0.2, 0.25) is 0 Å². The van der Waals surface area contributed by atoms with Crippen molar-refractivity contribution >= 4 is 10.0 Å². The molecular weight excluding hydrogens is 200 g/mol. The second kappa shape index (κ2) is 6.98. The molecule has 14 heavy (non-hydrogen) atoms. The zero-order valence-corrected chi connectivity index (χ0v) is 9.78. The van der Waals surface area contributed by atoms with Crippen LogP contribution in [0, 0.1) is 0 Å². The van der Waals surface area contributed by atoms with E-state index in [2.05, 4.69) is 16.6 Å². The van der Waals surface area contributed by atoms with Gasteiger partial charge >= 0.3 is 0 Å². The number of hydrogen-bond donors (Lipinski definition) is 2. The largest absolute Gasteiger partial charge is 0.316 e. The molecule has 0 aliphatic rings. The highest BCUT2D eigenvalue weighted by Gasteiger charge is 1.97. The molecule has 0 fully saturated rings. The smallest absolute Gasteiger partial charge is 0.208 e. The molecule has 0 aromatic rings. The maximum atomic E-state index is 10.7. The lowest BCUT2D eigenvalue weighted by molar-refractivity contribution is 0.579. The number of nitrogens with one attached hydrogen (secondary N) is 2. The van der Waals surface area contributed by atoms with Gasteiger partial charge in [-0.05, 0) is 32.9 Å². The molecule has 0 amide bonds. The van der Waals surface area contributed by atoms with Gasteiger partial charge in [-0.25, -0.2) is 13.1 Å². The monoisotopic (exact) mass is 220 g/mol. The predicted octanol–water partition coefficient (Wildman–Crippen LogP) is 0.482. The van der Waals surface area contributed by atoms with Gasteiger partial charge in [-0.3, -0.25) is 0 Å². The molecule has 0 rings (SSSR count). The van der Waals surface area contributed by atoms with Crippen molar-refractivity contribution in [1.82, 2.24) is 10.0 Å². The van der Waals surface area contributed by atoms with E-state index in [0.717, 1.165) is 31.5 Å². The van der Waals surface area contributed by atoms with E-state index in [1.807, 2.05) is 6.92 Å². The van der Waals surface area contributed by atoms with Gasteiger partial charge < -0.3 is 5.32 Å². The lowest BCUT2D eigenvalue weighted by atomic mass is 10.2. The van der Waals surface area contributed by atoms with Crippen molar-refractivity contribution in [2.75, 3.05) is 25.9 Å². The fraction of sp³-hybridized carbons (Fsp3) is 0.778. The summed E-state index contributed by atoms with van der Waals surface area (Å²) >= 11 is 0.